The van der Waals surface area contributed by atoms with Gasteiger partial charge in [0.15, 0.2) is 0 Å². The summed E-state index contributed by atoms with van der Waals surface area (Å²) in [6.07, 6.45) is 3.60. The zero-order valence-corrected chi connectivity index (χ0v) is 16.7. The molecular weight excluding hydrogens is 390 g/mol. The van der Waals surface area contributed by atoms with Crippen LogP contribution in [0.4, 0.5) is 0 Å². The molecule has 0 amide bonds. The number of fused-ring (bicyclic) bond motifs is 1. The van der Waals surface area contributed by atoms with Crippen molar-refractivity contribution in [1.29, 1.82) is 0 Å². The average Bonchev–Trinajstić information content (AvgIpc) is 3.13. The Morgan fingerprint density at radius 3 is 2.52 bits per heavy atom. The molecule has 4 aromatic rings. The first kappa shape index (κ1) is 19.1. The predicted molar refractivity (Wildman–Crippen MR) is 110 cm³/mol. The van der Waals surface area contributed by atoms with E-state index in [1.54, 1.807) is 19.2 Å². The maximum Gasteiger partial charge on any atom is 0.336 e. The second kappa shape index (κ2) is 7.31. The molecule has 2 aromatic heterocycles. The molecule has 1 atom stereocenters. The van der Waals surface area contributed by atoms with E-state index in [9.17, 15) is 13.2 Å². The number of imidazole rings is 1. The zero-order chi connectivity index (χ0) is 20.6. The molecule has 0 spiro atoms. The predicted octanol–water partition coefficient (Wildman–Crippen LogP) is 3.33. The van der Waals surface area contributed by atoms with Crippen LogP contribution < -0.4 is 10.3 Å². The molecule has 0 saturated carbocycles. The highest BCUT2D eigenvalue weighted by Gasteiger charge is 2.19. The topological polar surface area (TPSA) is 94.2 Å². The van der Waals surface area contributed by atoms with Gasteiger partial charge in [0, 0.05) is 35.6 Å². The molecule has 0 aliphatic carbocycles. The maximum atomic E-state index is 12.8. The van der Waals surface area contributed by atoms with Crippen molar-refractivity contribution >= 4 is 21.0 Å². The van der Waals surface area contributed by atoms with E-state index < -0.39 is 21.7 Å². The highest BCUT2D eigenvalue weighted by atomic mass is 32.2. The highest BCUT2D eigenvalue weighted by Crippen LogP contribution is 2.22. The smallest absolute Gasteiger partial charge is 0.336 e. The first-order valence-corrected chi connectivity index (χ1v) is 10.5. The first-order valence-electron chi connectivity index (χ1n) is 9.00. The minimum atomic E-state index is -3.75. The quantitative estimate of drug-likeness (QED) is 0.510. The Labute approximate surface area is 167 Å². The number of aromatic nitrogens is 2. The van der Waals surface area contributed by atoms with E-state index in [-0.39, 0.29) is 4.90 Å². The van der Waals surface area contributed by atoms with Crippen LogP contribution >= 0.6 is 0 Å². The van der Waals surface area contributed by atoms with Crippen LogP contribution in [-0.2, 0) is 10.0 Å². The molecule has 0 saturated heterocycles. The average molecular weight is 409 g/mol. The van der Waals surface area contributed by atoms with Crippen molar-refractivity contribution in [2.24, 2.45) is 0 Å². The molecule has 0 fully saturated rings. The van der Waals surface area contributed by atoms with E-state index in [0.717, 1.165) is 17.1 Å². The van der Waals surface area contributed by atoms with Crippen LogP contribution in [0.3, 0.4) is 0 Å². The monoisotopic (exact) mass is 409 g/mol. The number of nitrogens with zero attached hydrogens (tertiary/aromatic N) is 2. The van der Waals surface area contributed by atoms with Gasteiger partial charge < -0.3 is 8.98 Å². The summed E-state index contributed by atoms with van der Waals surface area (Å²) in [7, 11) is -3.75. The molecule has 0 aliphatic rings. The third-order valence-corrected chi connectivity index (χ3v) is 6.27. The summed E-state index contributed by atoms with van der Waals surface area (Å²) in [5.74, 6) is 0.874. The van der Waals surface area contributed by atoms with E-state index in [1.807, 2.05) is 42.0 Å². The standard InChI is InChI=1S/C21H19N3O4S/c1-14(16-3-6-18(7-4-16)24-12-11-22-15(24)2)23-29(26,27)19-8-9-20-17(13-19)5-10-21(25)28-20/h3-14,23H,1-2H3/t14-/m0/s1. The Kier molecular flexibility index (Phi) is 4.81. The van der Waals surface area contributed by atoms with Gasteiger partial charge in [-0.25, -0.2) is 22.9 Å². The van der Waals surface area contributed by atoms with Crippen LogP contribution in [0.1, 0.15) is 24.4 Å². The Bertz CT molecular complexity index is 1340. The van der Waals surface area contributed by atoms with Gasteiger partial charge in [-0.3, -0.25) is 0 Å². The lowest BCUT2D eigenvalue weighted by Crippen LogP contribution is -2.26. The summed E-state index contributed by atoms with van der Waals surface area (Å²) in [4.78, 5) is 15.6. The third-order valence-electron chi connectivity index (χ3n) is 4.73. The van der Waals surface area contributed by atoms with Crippen molar-refractivity contribution in [2.45, 2.75) is 24.8 Å². The van der Waals surface area contributed by atoms with E-state index in [0.29, 0.717) is 11.0 Å². The van der Waals surface area contributed by atoms with Gasteiger partial charge in [0.1, 0.15) is 11.4 Å². The zero-order valence-electron chi connectivity index (χ0n) is 15.9. The van der Waals surface area contributed by atoms with E-state index in [2.05, 4.69) is 9.71 Å². The first-order chi connectivity index (χ1) is 13.8. The minimum absolute atomic E-state index is 0.108. The SMILES string of the molecule is Cc1nccn1-c1ccc([C@H](C)NS(=O)(=O)c2ccc3oc(=O)ccc3c2)cc1. The Morgan fingerprint density at radius 2 is 1.83 bits per heavy atom. The van der Waals surface area contributed by atoms with E-state index in [1.165, 1.54) is 24.3 Å². The molecule has 0 aliphatic heterocycles. The molecule has 8 heteroatoms. The molecule has 0 bridgehead atoms. The van der Waals surface area contributed by atoms with Crippen LogP contribution in [0.5, 0.6) is 0 Å². The van der Waals surface area contributed by atoms with E-state index >= 15 is 0 Å². The van der Waals surface area contributed by atoms with Crippen LogP contribution in [0.2, 0.25) is 0 Å². The van der Waals surface area contributed by atoms with Crippen molar-refractivity contribution in [2.75, 3.05) is 0 Å². The number of aryl methyl sites for hydroxylation is 1. The van der Waals surface area contributed by atoms with Gasteiger partial charge in [0.2, 0.25) is 10.0 Å². The number of sulfonamides is 1. The summed E-state index contributed by atoms with van der Waals surface area (Å²) in [6.45, 7) is 3.70. The normalized spacial score (nSPS) is 12.9. The lowest BCUT2D eigenvalue weighted by Gasteiger charge is -2.16. The van der Waals surface area contributed by atoms with Crippen LogP contribution in [0, 0.1) is 6.92 Å². The lowest BCUT2D eigenvalue weighted by molar-refractivity contribution is 0.559. The molecule has 7 nitrogen and oxygen atoms in total. The number of nitrogens with one attached hydrogen (secondary N) is 1. The van der Waals surface area contributed by atoms with Gasteiger partial charge in [0.25, 0.3) is 0 Å². The Morgan fingerprint density at radius 1 is 1.07 bits per heavy atom. The second-order valence-corrected chi connectivity index (χ2v) is 8.45. The summed E-state index contributed by atoms with van der Waals surface area (Å²) >= 11 is 0. The van der Waals surface area contributed by atoms with Gasteiger partial charge in [-0.2, -0.15) is 0 Å². The summed E-state index contributed by atoms with van der Waals surface area (Å²) in [6, 6.07) is 14.4. The molecule has 1 N–H and O–H groups in total. The second-order valence-electron chi connectivity index (χ2n) is 6.73. The number of rotatable bonds is 5. The summed E-state index contributed by atoms with van der Waals surface area (Å²) in [5, 5.41) is 0.542. The lowest BCUT2D eigenvalue weighted by atomic mass is 10.1. The fourth-order valence-electron chi connectivity index (χ4n) is 3.16. The molecule has 0 radical (unpaired) electrons. The van der Waals surface area contributed by atoms with E-state index in [4.69, 9.17) is 4.42 Å². The Balaban J connectivity index is 1.57. The van der Waals surface area contributed by atoms with Crippen molar-refractivity contribution in [1.82, 2.24) is 14.3 Å². The fourth-order valence-corrected chi connectivity index (χ4v) is 4.43. The van der Waals surface area contributed by atoms with Gasteiger partial charge in [-0.15, -0.1) is 0 Å². The van der Waals surface area contributed by atoms with Crippen molar-refractivity contribution < 1.29 is 12.8 Å². The Hall–Kier alpha value is -3.23. The van der Waals surface area contributed by atoms with Crippen molar-refractivity contribution in [3.63, 3.8) is 0 Å². The van der Waals surface area contributed by atoms with Crippen LogP contribution in [0.25, 0.3) is 16.7 Å². The minimum Gasteiger partial charge on any atom is -0.423 e. The van der Waals surface area contributed by atoms with Gasteiger partial charge in [0.05, 0.1) is 4.90 Å². The number of benzene rings is 2. The molecule has 4 rings (SSSR count). The molecule has 29 heavy (non-hydrogen) atoms. The van der Waals surface area contributed by atoms with Crippen molar-refractivity contribution in [3.05, 3.63) is 88.8 Å². The van der Waals surface area contributed by atoms with Gasteiger partial charge in [-0.05, 0) is 55.8 Å². The summed E-state index contributed by atoms with van der Waals surface area (Å²) < 4.78 is 35.3. The highest BCUT2D eigenvalue weighted by molar-refractivity contribution is 7.89. The van der Waals surface area contributed by atoms with Crippen LogP contribution in [-0.4, -0.2) is 18.0 Å². The maximum absolute atomic E-state index is 12.8. The summed E-state index contributed by atoms with van der Waals surface area (Å²) in [5.41, 5.74) is 1.65. The van der Waals surface area contributed by atoms with Crippen LogP contribution in [0.15, 0.2) is 81.1 Å². The van der Waals surface area contributed by atoms with Gasteiger partial charge in [-0.1, -0.05) is 12.1 Å². The van der Waals surface area contributed by atoms with Gasteiger partial charge >= 0.3 is 5.63 Å². The third kappa shape index (κ3) is 3.85. The fraction of sp³-hybridized carbons (Fsp3) is 0.143. The molecule has 0 unspecified atom stereocenters. The number of hydrogen-bond acceptors (Lipinski definition) is 5. The largest absolute Gasteiger partial charge is 0.423 e. The molecule has 2 heterocycles. The molecule has 148 valence electrons. The molecular formula is C21H19N3O4S. The number of hydrogen-bond donors (Lipinski definition) is 1. The van der Waals surface area contributed by atoms with Crippen molar-refractivity contribution in [3.8, 4) is 5.69 Å². The molecule has 2 aromatic carbocycles.